The summed E-state index contributed by atoms with van der Waals surface area (Å²) in [4.78, 5) is 17.9. The highest BCUT2D eigenvalue weighted by Crippen LogP contribution is 2.34. The third-order valence-electron chi connectivity index (χ3n) is 6.07. The Bertz CT molecular complexity index is 1020. The Kier molecular flexibility index (Phi) is 7.14. The van der Waals surface area contributed by atoms with Gasteiger partial charge in [0.1, 0.15) is 5.60 Å². The highest BCUT2D eigenvalue weighted by Gasteiger charge is 2.40. The number of hydrogen-bond donors (Lipinski definition) is 0. The standard InChI is InChI=1S/C29H34N2O2/c1-29(2,3)33-28(32)31(20-24-15-9-5-10-16-24)27-22-30(19-23-13-7-4-8-14-23)21-26(27)25-17-11-6-12-18-25/h4-18,26-27H,19-22H2,1-3H3/t26-,27-/m1/s1. The summed E-state index contributed by atoms with van der Waals surface area (Å²) >= 11 is 0. The average Bonchev–Trinajstić information content (AvgIpc) is 3.21. The van der Waals surface area contributed by atoms with Gasteiger partial charge in [-0.2, -0.15) is 0 Å². The van der Waals surface area contributed by atoms with E-state index in [1.807, 2.05) is 56.0 Å². The van der Waals surface area contributed by atoms with Crippen molar-refractivity contribution in [2.45, 2.75) is 51.4 Å². The van der Waals surface area contributed by atoms with Crippen LogP contribution in [0.15, 0.2) is 91.0 Å². The van der Waals surface area contributed by atoms with Crippen LogP contribution in [0, 0.1) is 0 Å². The van der Waals surface area contributed by atoms with Gasteiger partial charge in [0.05, 0.1) is 6.04 Å². The van der Waals surface area contributed by atoms with E-state index in [4.69, 9.17) is 4.74 Å². The van der Waals surface area contributed by atoms with Gasteiger partial charge in [-0.15, -0.1) is 0 Å². The van der Waals surface area contributed by atoms with E-state index in [0.29, 0.717) is 6.54 Å². The molecule has 1 fully saturated rings. The lowest BCUT2D eigenvalue weighted by molar-refractivity contribution is 0.0133. The van der Waals surface area contributed by atoms with Gasteiger partial charge >= 0.3 is 6.09 Å². The number of hydrogen-bond acceptors (Lipinski definition) is 3. The smallest absolute Gasteiger partial charge is 0.410 e. The van der Waals surface area contributed by atoms with E-state index in [0.717, 1.165) is 25.2 Å². The predicted octanol–water partition coefficient (Wildman–Crippen LogP) is 6.09. The van der Waals surface area contributed by atoms with Crippen molar-refractivity contribution in [2.75, 3.05) is 13.1 Å². The average molecular weight is 443 g/mol. The van der Waals surface area contributed by atoms with Crippen LogP contribution in [0.5, 0.6) is 0 Å². The van der Waals surface area contributed by atoms with Crippen molar-refractivity contribution in [3.8, 4) is 0 Å². The Morgan fingerprint density at radius 1 is 0.848 bits per heavy atom. The van der Waals surface area contributed by atoms with Crippen molar-refractivity contribution >= 4 is 6.09 Å². The van der Waals surface area contributed by atoms with Gasteiger partial charge in [0.2, 0.25) is 0 Å². The lowest BCUT2D eigenvalue weighted by Crippen LogP contribution is -2.46. The van der Waals surface area contributed by atoms with Gasteiger partial charge in [-0.25, -0.2) is 4.79 Å². The molecule has 0 bridgehead atoms. The van der Waals surface area contributed by atoms with Gasteiger partial charge in [-0.05, 0) is 37.5 Å². The zero-order chi connectivity index (χ0) is 23.3. The zero-order valence-corrected chi connectivity index (χ0v) is 19.9. The largest absolute Gasteiger partial charge is 0.444 e. The van der Waals surface area contributed by atoms with Crippen molar-refractivity contribution in [2.24, 2.45) is 0 Å². The van der Waals surface area contributed by atoms with Gasteiger partial charge in [-0.3, -0.25) is 9.80 Å². The van der Waals surface area contributed by atoms with Crippen molar-refractivity contribution in [1.82, 2.24) is 9.80 Å². The highest BCUT2D eigenvalue weighted by molar-refractivity contribution is 5.69. The van der Waals surface area contributed by atoms with Crippen LogP contribution >= 0.6 is 0 Å². The van der Waals surface area contributed by atoms with Crippen LogP contribution in [-0.4, -0.2) is 40.6 Å². The maximum atomic E-state index is 13.5. The fourth-order valence-corrected chi connectivity index (χ4v) is 4.60. The maximum absolute atomic E-state index is 13.5. The van der Waals surface area contributed by atoms with E-state index in [2.05, 4.69) is 65.6 Å². The van der Waals surface area contributed by atoms with Crippen LogP contribution in [0.4, 0.5) is 4.79 Å². The van der Waals surface area contributed by atoms with Crippen molar-refractivity contribution < 1.29 is 9.53 Å². The number of carbonyl (C=O) groups is 1. The molecule has 2 atom stereocenters. The van der Waals surface area contributed by atoms with E-state index < -0.39 is 5.60 Å². The summed E-state index contributed by atoms with van der Waals surface area (Å²) in [6.07, 6.45) is -0.251. The fraction of sp³-hybridized carbons (Fsp3) is 0.345. The Hall–Kier alpha value is -3.11. The van der Waals surface area contributed by atoms with E-state index in [1.165, 1.54) is 11.1 Å². The summed E-state index contributed by atoms with van der Waals surface area (Å²) in [5, 5.41) is 0. The summed E-state index contributed by atoms with van der Waals surface area (Å²) in [6, 6.07) is 31.3. The van der Waals surface area contributed by atoms with Crippen LogP contribution in [0.25, 0.3) is 0 Å². The first-order valence-electron chi connectivity index (χ1n) is 11.7. The Balaban J connectivity index is 1.65. The quantitative estimate of drug-likeness (QED) is 0.463. The van der Waals surface area contributed by atoms with Gasteiger partial charge in [-0.1, -0.05) is 91.0 Å². The molecule has 0 radical (unpaired) electrons. The monoisotopic (exact) mass is 442 g/mol. The first-order chi connectivity index (χ1) is 15.9. The first kappa shape index (κ1) is 23.1. The minimum atomic E-state index is -0.545. The second-order valence-electron chi connectivity index (χ2n) is 9.86. The Morgan fingerprint density at radius 3 is 1.97 bits per heavy atom. The van der Waals surface area contributed by atoms with Crippen LogP contribution in [0.3, 0.4) is 0 Å². The summed E-state index contributed by atoms with van der Waals surface area (Å²) in [5.41, 5.74) is 3.12. The third-order valence-corrected chi connectivity index (χ3v) is 6.07. The molecule has 33 heavy (non-hydrogen) atoms. The molecule has 0 unspecified atom stereocenters. The van der Waals surface area contributed by atoms with E-state index in [1.54, 1.807) is 0 Å². The molecule has 172 valence electrons. The molecule has 4 rings (SSSR count). The molecule has 1 aliphatic rings. The summed E-state index contributed by atoms with van der Waals surface area (Å²) in [6.45, 7) is 8.89. The highest BCUT2D eigenvalue weighted by atomic mass is 16.6. The number of amides is 1. The summed E-state index contributed by atoms with van der Waals surface area (Å²) in [7, 11) is 0. The number of nitrogens with zero attached hydrogens (tertiary/aromatic N) is 2. The van der Waals surface area contributed by atoms with Crippen molar-refractivity contribution in [1.29, 1.82) is 0 Å². The minimum Gasteiger partial charge on any atom is -0.444 e. The molecule has 4 heteroatoms. The molecule has 3 aromatic carbocycles. The van der Waals surface area contributed by atoms with Gasteiger partial charge in [0.15, 0.2) is 0 Å². The molecule has 1 aliphatic heterocycles. The van der Waals surface area contributed by atoms with Gasteiger partial charge in [0, 0.05) is 32.1 Å². The molecule has 1 saturated heterocycles. The SMILES string of the molecule is CC(C)(C)OC(=O)N(Cc1ccccc1)[C@@H]1CN(Cc2ccccc2)C[C@@H]1c1ccccc1. The van der Waals surface area contributed by atoms with Crippen LogP contribution < -0.4 is 0 Å². The Labute approximate surface area is 197 Å². The normalized spacial score (nSPS) is 18.8. The van der Waals surface area contributed by atoms with Crippen LogP contribution in [0.1, 0.15) is 43.4 Å². The molecule has 0 saturated carbocycles. The predicted molar refractivity (Wildman–Crippen MR) is 133 cm³/mol. The molecule has 0 spiro atoms. The number of carbonyl (C=O) groups excluding carboxylic acids is 1. The fourth-order valence-electron chi connectivity index (χ4n) is 4.60. The number of ether oxygens (including phenoxy) is 1. The molecule has 4 nitrogen and oxygen atoms in total. The second-order valence-corrected chi connectivity index (χ2v) is 9.86. The molecule has 0 N–H and O–H groups in total. The lowest BCUT2D eigenvalue weighted by Gasteiger charge is -2.34. The molecular weight excluding hydrogens is 408 g/mol. The molecule has 1 heterocycles. The van der Waals surface area contributed by atoms with Crippen molar-refractivity contribution in [3.05, 3.63) is 108 Å². The molecule has 3 aromatic rings. The second kappa shape index (κ2) is 10.2. The minimum absolute atomic E-state index is 0.0196. The Morgan fingerprint density at radius 2 is 1.39 bits per heavy atom. The van der Waals surface area contributed by atoms with Gasteiger partial charge in [0.25, 0.3) is 0 Å². The van der Waals surface area contributed by atoms with E-state index in [9.17, 15) is 4.79 Å². The van der Waals surface area contributed by atoms with Gasteiger partial charge < -0.3 is 4.74 Å². The molecule has 0 aromatic heterocycles. The maximum Gasteiger partial charge on any atom is 0.410 e. The topological polar surface area (TPSA) is 32.8 Å². The number of likely N-dealkylation sites (tertiary alicyclic amines) is 1. The zero-order valence-electron chi connectivity index (χ0n) is 19.9. The first-order valence-corrected chi connectivity index (χ1v) is 11.7. The van der Waals surface area contributed by atoms with Crippen molar-refractivity contribution in [3.63, 3.8) is 0 Å². The summed E-state index contributed by atoms with van der Waals surface area (Å²) < 4.78 is 5.89. The van der Waals surface area contributed by atoms with Crippen LogP contribution in [0.2, 0.25) is 0 Å². The molecule has 1 amide bonds. The van der Waals surface area contributed by atoms with E-state index in [-0.39, 0.29) is 18.1 Å². The molecule has 0 aliphatic carbocycles. The number of rotatable bonds is 6. The van der Waals surface area contributed by atoms with Crippen LogP contribution in [-0.2, 0) is 17.8 Å². The molecular formula is C29H34N2O2. The third kappa shape index (κ3) is 6.23. The lowest BCUT2D eigenvalue weighted by atomic mass is 9.93. The van der Waals surface area contributed by atoms with E-state index >= 15 is 0 Å². The summed E-state index contributed by atoms with van der Waals surface area (Å²) in [5.74, 6) is 0.214. The number of benzene rings is 3.